The van der Waals surface area contributed by atoms with Gasteiger partial charge in [0.25, 0.3) is 0 Å². The Morgan fingerprint density at radius 2 is 2.04 bits per heavy atom. The molecule has 2 aromatic rings. The number of urea groups is 1. The van der Waals surface area contributed by atoms with Gasteiger partial charge >= 0.3 is 6.03 Å². The van der Waals surface area contributed by atoms with E-state index >= 15 is 0 Å². The SMILES string of the molecule is Cc1ccccc1[C@H](NC(=O)NC[C@@](C)(O)c1cnn(C)c1)C(C)C. The van der Waals surface area contributed by atoms with E-state index in [-0.39, 0.29) is 24.5 Å². The van der Waals surface area contributed by atoms with Gasteiger partial charge in [-0.1, -0.05) is 38.1 Å². The van der Waals surface area contributed by atoms with Crippen molar-refractivity contribution in [1.29, 1.82) is 0 Å². The first-order chi connectivity index (χ1) is 11.7. The van der Waals surface area contributed by atoms with Gasteiger partial charge in [0.1, 0.15) is 5.60 Å². The zero-order chi connectivity index (χ0) is 18.6. The van der Waals surface area contributed by atoms with Gasteiger partial charge in [-0.05, 0) is 30.9 Å². The van der Waals surface area contributed by atoms with Gasteiger partial charge in [-0.15, -0.1) is 0 Å². The smallest absolute Gasteiger partial charge is 0.315 e. The second-order valence-corrected chi connectivity index (χ2v) is 7.08. The van der Waals surface area contributed by atoms with Crippen molar-refractivity contribution in [3.63, 3.8) is 0 Å². The molecule has 0 saturated heterocycles. The van der Waals surface area contributed by atoms with Gasteiger partial charge in [-0.3, -0.25) is 4.68 Å². The third-order valence-corrected chi connectivity index (χ3v) is 4.40. The highest BCUT2D eigenvalue weighted by molar-refractivity contribution is 5.74. The van der Waals surface area contributed by atoms with Crippen molar-refractivity contribution in [1.82, 2.24) is 20.4 Å². The second-order valence-electron chi connectivity index (χ2n) is 7.08. The molecule has 25 heavy (non-hydrogen) atoms. The molecular formula is C19H28N4O2. The summed E-state index contributed by atoms with van der Waals surface area (Å²) in [4.78, 5) is 12.4. The van der Waals surface area contributed by atoms with Gasteiger partial charge in [-0.2, -0.15) is 5.10 Å². The number of aryl methyl sites for hydroxylation is 2. The van der Waals surface area contributed by atoms with Crippen LogP contribution in [0.4, 0.5) is 4.79 Å². The topological polar surface area (TPSA) is 79.2 Å². The number of aromatic nitrogens is 2. The average molecular weight is 344 g/mol. The zero-order valence-corrected chi connectivity index (χ0v) is 15.6. The average Bonchev–Trinajstić information content (AvgIpc) is 2.99. The minimum Gasteiger partial charge on any atom is -0.383 e. The first kappa shape index (κ1) is 19.0. The minimum absolute atomic E-state index is 0.0930. The molecular weight excluding hydrogens is 316 g/mol. The maximum Gasteiger partial charge on any atom is 0.315 e. The van der Waals surface area contributed by atoms with E-state index < -0.39 is 5.60 Å². The minimum atomic E-state index is -1.18. The van der Waals surface area contributed by atoms with E-state index in [1.807, 2.05) is 31.2 Å². The maximum atomic E-state index is 12.4. The Morgan fingerprint density at radius 3 is 2.60 bits per heavy atom. The highest BCUT2D eigenvalue weighted by atomic mass is 16.3. The fourth-order valence-corrected chi connectivity index (χ4v) is 2.79. The summed E-state index contributed by atoms with van der Waals surface area (Å²) >= 11 is 0. The number of amides is 2. The van der Waals surface area contributed by atoms with Crippen molar-refractivity contribution < 1.29 is 9.90 Å². The summed E-state index contributed by atoms with van der Waals surface area (Å²) in [5.41, 5.74) is 1.73. The van der Waals surface area contributed by atoms with Crippen LogP contribution in [0, 0.1) is 12.8 Å². The Bertz CT molecular complexity index is 722. The number of aliphatic hydroxyl groups is 1. The van der Waals surface area contributed by atoms with E-state index in [0.717, 1.165) is 11.1 Å². The number of nitrogens with zero attached hydrogens (tertiary/aromatic N) is 2. The molecule has 1 heterocycles. The summed E-state index contributed by atoms with van der Waals surface area (Å²) in [5, 5.41) is 20.4. The van der Waals surface area contributed by atoms with Crippen molar-refractivity contribution in [3.05, 3.63) is 53.3 Å². The van der Waals surface area contributed by atoms with E-state index in [1.165, 1.54) is 0 Å². The van der Waals surface area contributed by atoms with Crippen LogP contribution in [-0.2, 0) is 12.6 Å². The molecule has 2 rings (SSSR count). The molecule has 1 aromatic heterocycles. The molecule has 2 amide bonds. The molecule has 0 saturated carbocycles. The van der Waals surface area contributed by atoms with E-state index in [9.17, 15) is 9.90 Å². The molecule has 0 radical (unpaired) electrons. The first-order valence-corrected chi connectivity index (χ1v) is 8.52. The van der Waals surface area contributed by atoms with Gasteiger partial charge < -0.3 is 15.7 Å². The van der Waals surface area contributed by atoms with Gasteiger partial charge in [0.05, 0.1) is 18.8 Å². The van der Waals surface area contributed by atoms with Gasteiger partial charge in [0, 0.05) is 18.8 Å². The molecule has 0 aliphatic heterocycles. The highest BCUT2D eigenvalue weighted by Crippen LogP contribution is 2.24. The van der Waals surface area contributed by atoms with E-state index in [1.54, 1.807) is 31.0 Å². The van der Waals surface area contributed by atoms with Crippen molar-refractivity contribution in [2.24, 2.45) is 13.0 Å². The number of benzene rings is 1. The molecule has 0 aliphatic rings. The highest BCUT2D eigenvalue weighted by Gasteiger charge is 2.26. The number of hydrogen-bond donors (Lipinski definition) is 3. The normalized spacial score (nSPS) is 14.8. The number of carbonyl (C=O) groups excluding carboxylic acids is 1. The van der Waals surface area contributed by atoms with Crippen LogP contribution in [0.25, 0.3) is 0 Å². The third-order valence-electron chi connectivity index (χ3n) is 4.40. The fraction of sp³-hybridized carbons (Fsp3) is 0.474. The Hall–Kier alpha value is -2.34. The van der Waals surface area contributed by atoms with Crippen LogP contribution in [0.2, 0.25) is 0 Å². The second kappa shape index (κ2) is 7.70. The summed E-state index contributed by atoms with van der Waals surface area (Å²) in [6.07, 6.45) is 3.34. The zero-order valence-electron chi connectivity index (χ0n) is 15.6. The molecule has 0 unspecified atom stereocenters. The van der Waals surface area contributed by atoms with Crippen LogP contribution in [-0.4, -0.2) is 27.5 Å². The van der Waals surface area contributed by atoms with Crippen LogP contribution in [0.3, 0.4) is 0 Å². The van der Waals surface area contributed by atoms with Gasteiger partial charge in [0.15, 0.2) is 0 Å². The molecule has 0 fully saturated rings. The standard InChI is InChI=1S/C19H28N4O2/c1-13(2)17(16-9-7-6-8-14(16)3)22-18(24)20-12-19(4,25)15-10-21-23(5)11-15/h6-11,13,17,25H,12H2,1-5H3,(H2,20,22,24)/t17-,19-/m1/s1. The lowest BCUT2D eigenvalue weighted by atomic mass is 9.93. The number of nitrogens with one attached hydrogen (secondary N) is 2. The molecule has 1 aromatic carbocycles. The molecule has 0 bridgehead atoms. The Balaban J connectivity index is 2.01. The lowest BCUT2D eigenvalue weighted by Crippen LogP contribution is -2.45. The molecule has 2 atom stereocenters. The van der Waals surface area contributed by atoms with Crippen LogP contribution in [0.1, 0.15) is 43.5 Å². The summed E-state index contributed by atoms with van der Waals surface area (Å²) in [6.45, 7) is 7.94. The van der Waals surface area contributed by atoms with Crippen molar-refractivity contribution >= 4 is 6.03 Å². The van der Waals surface area contributed by atoms with Crippen LogP contribution >= 0.6 is 0 Å². The van der Waals surface area contributed by atoms with E-state index in [0.29, 0.717) is 5.56 Å². The van der Waals surface area contributed by atoms with E-state index in [2.05, 4.69) is 29.6 Å². The van der Waals surface area contributed by atoms with Gasteiger partial charge in [0.2, 0.25) is 0 Å². The lowest BCUT2D eigenvalue weighted by Gasteiger charge is -2.27. The van der Waals surface area contributed by atoms with Crippen LogP contribution < -0.4 is 10.6 Å². The van der Waals surface area contributed by atoms with Crippen molar-refractivity contribution in [3.8, 4) is 0 Å². The number of hydrogen-bond acceptors (Lipinski definition) is 3. The molecule has 6 nitrogen and oxygen atoms in total. The summed E-state index contributed by atoms with van der Waals surface area (Å²) in [6, 6.07) is 7.64. The predicted molar refractivity (Wildman–Crippen MR) is 98.1 cm³/mol. The first-order valence-electron chi connectivity index (χ1n) is 8.52. The summed E-state index contributed by atoms with van der Waals surface area (Å²) < 4.78 is 1.62. The lowest BCUT2D eigenvalue weighted by molar-refractivity contribution is 0.0591. The van der Waals surface area contributed by atoms with Crippen molar-refractivity contribution in [2.75, 3.05) is 6.54 Å². The fourth-order valence-electron chi connectivity index (χ4n) is 2.79. The Kier molecular flexibility index (Phi) is 5.85. The van der Waals surface area contributed by atoms with Crippen LogP contribution in [0.15, 0.2) is 36.7 Å². The molecule has 0 spiro atoms. The number of rotatable bonds is 6. The molecule has 3 N–H and O–H groups in total. The molecule has 0 aliphatic carbocycles. The number of carbonyl (C=O) groups is 1. The third kappa shape index (κ3) is 4.82. The van der Waals surface area contributed by atoms with Gasteiger partial charge in [-0.25, -0.2) is 4.79 Å². The van der Waals surface area contributed by atoms with E-state index in [4.69, 9.17) is 0 Å². The monoisotopic (exact) mass is 344 g/mol. The quantitative estimate of drug-likeness (QED) is 0.754. The Morgan fingerprint density at radius 1 is 1.36 bits per heavy atom. The maximum absolute atomic E-state index is 12.4. The Labute approximate surface area is 149 Å². The summed E-state index contributed by atoms with van der Waals surface area (Å²) in [5.74, 6) is 0.241. The predicted octanol–water partition coefficient (Wildman–Crippen LogP) is 2.63. The van der Waals surface area contributed by atoms with Crippen molar-refractivity contribution in [2.45, 2.75) is 39.3 Å². The molecule has 6 heteroatoms. The van der Waals surface area contributed by atoms with Crippen LogP contribution in [0.5, 0.6) is 0 Å². The summed E-state index contributed by atoms with van der Waals surface area (Å²) in [7, 11) is 1.79. The largest absolute Gasteiger partial charge is 0.383 e. The molecule has 136 valence electrons.